The number of halogens is 3. The summed E-state index contributed by atoms with van der Waals surface area (Å²) in [5, 5.41) is 21.6. The Balaban J connectivity index is 0.00000518. The van der Waals surface area contributed by atoms with Crippen LogP contribution in [0.5, 0.6) is 46.0 Å². The summed E-state index contributed by atoms with van der Waals surface area (Å²) in [6, 6.07) is 19.9. The van der Waals surface area contributed by atoms with Gasteiger partial charge in [-0.05, 0) is 96.5 Å². The molecule has 0 aromatic heterocycles. The van der Waals surface area contributed by atoms with Gasteiger partial charge in [0.2, 0.25) is 0 Å². The summed E-state index contributed by atoms with van der Waals surface area (Å²) in [5.74, 6) is 1.21. The van der Waals surface area contributed by atoms with E-state index >= 15 is 0 Å². The molecule has 2 N–H and O–H groups in total. The first-order valence-corrected chi connectivity index (χ1v) is 23.2. The first kappa shape index (κ1) is 56.6. The molecule has 0 bridgehead atoms. The molecule has 14 nitrogen and oxygen atoms in total. The molecule has 2 aliphatic heterocycles. The number of fused-ring (bicyclic) bond motifs is 2. The molecule has 4 aromatic carbocycles. The zero-order chi connectivity index (χ0) is 48.7. The van der Waals surface area contributed by atoms with Gasteiger partial charge in [-0.2, -0.15) is 0 Å². The maximum Gasteiger partial charge on any atom is 0.325 e. The number of aliphatic carboxylic acids is 2. The van der Waals surface area contributed by atoms with Gasteiger partial charge in [0.1, 0.15) is 12.1 Å². The van der Waals surface area contributed by atoms with Crippen molar-refractivity contribution >= 4 is 23.5 Å². The number of likely N-dealkylation sites (N-methyl/N-ethyl adjacent to an activating group) is 2. The Kier molecular flexibility index (Phi) is 19.9. The summed E-state index contributed by atoms with van der Waals surface area (Å²) >= 11 is 7.16. The fourth-order valence-electron chi connectivity index (χ4n) is 10.7. The number of nitrogens with zero attached hydrogens (tertiary/aromatic N) is 2. The van der Waals surface area contributed by atoms with Crippen LogP contribution in [-0.4, -0.2) is 133 Å². The maximum atomic E-state index is 13.3. The van der Waals surface area contributed by atoms with Crippen LogP contribution in [0, 0.1) is 5.92 Å². The van der Waals surface area contributed by atoms with Crippen molar-refractivity contribution in [3.63, 3.8) is 0 Å². The second kappa shape index (κ2) is 24.2. The van der Waals surface area contributed by atoms with E-state index in [2.05, 4.69) is 26.2 Å². The van der Waals surface area contributed by atoms with Crippen LogP contribution in [0.25, 0.3) is 0 Å². The third-order valence-corrected chi connectivity index (χ3v) is 15.2. The predicted molar refractivity (Wildman–Crippen MR) is 256 cm³/mol. The third kappa shape index (κ3) is 12.0. The molecule has 6 atom stereocenters. The lowest BCUT2D eigenvalue weighted by Crippen LogP contribution is -3.00. The average molecular weight is 1020 g/mol. The number of benzene rings is 4. The molecule has 6 rings (SSSR count). The molecular formula is C52H69Cl3N2O12. The maximum absolute atomic E-state index is 13.3. The number of alkyl halides is 1. The van der Waals surface area contributed by atoms with Gasteiger partial charge in [-0.1, -0.05) is 12.1 Å². The van der Waals surface area contributed by atoms with Crippen molar-refractivity contribution in [2.24, 2.45) is 5.92 Å². The van der Waals surface area contributed by atoms with Crippen molar-refractivity contribution in [2.75, 3.05) is 97.2 Å². The topological polar surface area (TPSA) is 148 Å². The van der Waals surface area contributed by atoms with Gasteiger partial charge in [0.25, 0.3) is 0 Å². The number of hydrogen-bond donors (Lipinski definition) is 2. The Morgan fingerprint density at radius 3 is 1.30 bits per heavy atom. The van der Waals surface area contributed by atoms with Crippen LogP contribution in [0.15, 0.2) is 60.7 Å². The normalized spacial score (nSPS) is 20.5. The van der Waals surface area contributed by atoms with E-state index in [-0.39, 0.29) is 49.7 Å². The molecule has 0 saturated heterocycles. The van der Waals surface area contributed by atoms with Crippen LogP contribution in [-0.2, 0) is 35.3 Å². The lowest BCUT2D eigenvalue weighted by molar-refractivity contribution is -0.941. The molecule has 4 aromatic rings. The first-order valence-electron chi connectivity index (χ1n) is 22.8. The number of quaternary nitrogens is 2. The molecule has 0 amide bonds. The van der Waals surface area contributed by atoms with E-state index in [9.17, 15) is 19.8 Å². The zero-order valence-corrected chi connectivity index (χ0v) is 43.8. The number of ether oxygens (including phenoxy) is 8. The fraction of sp³-hybridized carbons (Fsp3) is 0.500. The van der Waals surface area contributed by atoms with Gasteiger partial charge in [-0.15, -0.1) is 11.6 Å². The van der Waals surface area contributed by atoms with Gasteiger partial charge in [0.15, 0.2) is 50.9 Å². The van der Waals surface area contributed by atoms with Gasteiger partial charge < -0.3 is 81.9 Å². The highest BCUT2D eigenvalue weighted by molar-refractivity contribution is 6.35. The van der Waals surface area contributed by atoms with Gasteiger partial charge in [-0.3, -0.25) is 9.59 Å². The van der Waals surface area contributed by atoms with E-state index in [0.29, 0.717) is 93.7 Å². The summed E-state index contributed by atoms with van der Waals surface area (Å²) in [5.41, 5.74) is 6.62. The Hall–Kier alpha value is -4.99. The minimum atomic E-state index is -2.04. The van der Waals surface area contributed by atoms with Gasteiger partial charge in [0, 0.05) is 36.8 Å². The molecular weight excluding hydrogens is 951 g/mol. The largest absolute Gasteiger partial charge is 1.00 e. The highest BCUT2D eigenvalue weighted by Gasteiger charge is 2.50. The van der Waals surface area contributed by atoms with Crippen LogP contribution < -0.4 is 62.7 Å². The highest BCUT2D eigenvalue weighted by atomic mass is 35.5. The van der Waals surface area contributed by atoms with E-state index in [0.717, 1.165) is 59.3 Å². The minimum Gasteiger partial charge on any atom is -1.00 e. The van der Waals surface area contributed by atoms with E-state index in [1.54, 1.807) is 56.9 Å². The monoisotopic (exact) mass is 1020 g/mol. The van der Waals surface area contributed by atoms with Crippen molar-refractivity contribution in [3.05, 3.63) is 94.0 Å². The Bertz CT molecular complexity index is 2410. The first-order chi connectivity index (χ1) is 32.0. The van der Waals surface area contributed by atoms with Crippen LogP contribution in [0.1, 0.15) is 71.1 Å². The molecule has 0 aliphatic carbocycles. The summed E-state index contributed by atoms with van der Waals surface area (Å²) in [6.07, 6.45) is 3.67. The number of carboxylic acids is 2. The second-order valence-electron chi connectivity index (χ2n) is 18.3. The number of carboxylic acid groups (broad SMARTS) is 2. The van der Waals surface area contributed by atoms with Gasteiger partial charge in [-0.25, -0.2) is 0 Å². The van der Waals surface area contributed by atoms with Crippen LogP contribution in [0.4, 0.5) is 0 Å². The Morgan fingerprint density at radius 1 is 0.580 bits per heavy atom. The number of rotatable bonds is 23. The van der Waals surface area contributed by atoms with Crippen LogP contribution in [0.3, 0.4) is 0 Å². The summed E-state index contributed by atoms with van der Waals surface area (Å²) < 4.78 is 46.4. The number of hydrogen-bond acceptors (Lipinski definition) is 10. The summed E-state index contributed by atoms with van der Waals surface area (Å²) in [4.78, 5) is 24.5. The van der Waals surface area contributed by atoms with Crippen molar-refractivity contribution in [1.82, 2.24) is 0 Å². The van der Waals surface area contributed by atoms with Crippen molar-refractivity contribution in [3.8, 4) is 46.0 Å². The fourth-order valence-corrected chi connectivity index (χ4v) is 11.0. The molecule has 2 heterocycles. The van der Waals surface area contributed by atoms with Gasteiger partial charge >= 0.3 is 11.9 Å². The van der Waals surface area contributed by atoms with E-state index in [1.807, 2.05) is 48.5 Å². The molecule has 0 fully saturated rings. The SMILES string of the molecule is COc1ccc(C[C@@H]2c3cc(OC)c(OC)cc3CC[N@@+]2(C)CCCC(C(=O)O)C(Cl)(CCC[N@+]2(C)CCc3cc(OC)c(OC)cc3[C@H]2Cc2ccc(OC)c(OC)c2)C(=O)O)cc1OC.[Cl-].[Cl-]. The van der Waals surface area contributed by atoms with Crippen molar-refractivity contribution < 1.29 is 91.5 Å². The molecule has 17 heteroatoms. The summed E-state index contributed by atoms with van der Waals surface area (Å²) in [7, 11) is 17.3. The quantitative estimate of drug-likeness (QED) is 0.0831. The lowest BCUT2D eigenvalue weighted by Gasteiger charge is -2.47. The van der Waals surface area contributed by atoms with Crippen LogP contribution >= 0.6 is 11.6 Å². The molecule has 380 valence electrons. The van der Waals surface area contributed by atoms with Crippen LogP contribution in [0.2, 0.25) is 0 Å². The second-order valence-corrected chi connectivity index (χ2v) is 19.0. The minimum absolute atomic E-state index is 0. The molecule has 0 radical (unpaired) electrons. The van der Waals surface area contributed by atoms with Gasteiger partial charge in [0.05, 0.1) is 103 Å². The molecule has 0 saturated carbocycles. The number of methoxy groups -OCH3 is 8. The van der Waals surface area contributed by atoms with E-state index in [4.69, 9.17) is 49.5 Å². The molecule has 2 aliphatic rings. The Labute approximate surface area is 424 Å². The van der Waals surface area contributed by atoms with E-state index < -0.39 is 22.7 Å². The molecule has 0 spiro atoms. The Morgan fingerprint density at radius 2 is 0.942 bits per heavy atom. The highest BCUT2D eigenvalue weighted by Crippen LogP contribution is 2.46. The third-order valence-electron chi connectivity index (χ3n) is 14.6. The predicted octanol–water partition coefficient (Wildman–Crippen LogP) is 2.36. The summed E-state index contributed by atoms with van der Waals surface area (Å²) in [6.45, 7) is 2.67. The smallest absolute Gasteiger partial charge is 0.325 e. The molecule has 2 unspecified atom stereocenters. The number of carbonyl (C=O) groups is 2. The standard InChI is InChI=1S/C52H67ClN2O12.2ClH/c1-54(23-18-35-29-46(64-7)48(66-9)31-37(35)40(54)25-33-14-16-42(60-3)44(27-33)62-5)21-11-13-39(50(56)57)52(53,51(58)59)20-12-22-55(2)24-19-36-30-47(65-8)49(67-10)32-38(36)41(55)26-34-15-17-43(61-4)45(28-34)63-6;;/h14-17,27-32,39-41H,11-13,18-26H2,1-10H3;2*1H/t39?,40-,41-,52?,54-,55-;;/m1../s1. The average Bonchev–Trinajstić information content (AvgIpc) is 3.33. The zero-order valence-electron chi connectivity index (χ0n) is 41.5. The molecule has 69 heavy (non-hydrogen) atoms. The van der Waals surface area contributed by atoms with Crippen molar-refractivity contribution in [1.29, 1.82) is 0 Å². The van der Waals surface area contributed by atoms with E-state index in [1.165, 1.54) is 0 Å². The van der Waals surface area contributed by atoms with Crippen molar-refractivity contribution in [2.45, 2.75) is 68.3 Å². The lowest BCUT2D eigenvalue weighted by atomic mass is 9.82.